The molecule has 1 atom stereocenters. The van der Waals surface area contributed by atoms with E-state index in [-0.39, 0.29) is 0 Å². The Kier molecular flexibility index (Phi) is 5.89. The summed E-state index contributed by atoms with van der Waals surface area (Å²) in [6.07, 6.45) is 1.10. The van der Waals surface area contributed by atoms with Crippen LogP contribution in [0.25, 0.3) is 0 Å². The highest BCUT2D eigenvalue weighted by molar-refractivity contribution is 7.99. The van der Waals surface area contributed by atoms with Gasteiger partial charge in [-0.05, 0) is 61.7 Å². The van der Waals surface area contributed by atoms with Gasteiger partial charge in [-0.2, -0.15) is 0 Å². The molecule has 2 aromatic carbocycles. The molecule has 0 saturated heterocycles. The van der Waals surface area contributed by atoms with E-state index in [1.54, 1.807) is 0 Å². The van der Waals surface area contributed by atoms with E-state index in [2.05, 4.69) is 68.6 Å². The van der Waals surface area contributed by atoms with Crippen LogP contribution in [0, 0.1) is 13.8 Å². The molecule has 2 heteroatoms. The van der Waals surface area contributed by atoms with Gasteiger partial charge in [-0.3, -0.25) is 0 Å². The third-order valence-corrected chi connectivity index (χ3v) is 5.12. The zero-order valence-corrected chi connectivity index (χ0v) is 14.3. The first-order valence-electron chi connectivity index (χ1n) is 7.60. The zero-order chi connectivity index (χ0) is 15.2. The highest BCUT2D eigenvalue weighted by atomic mass is 32.2. The van der Waals surface area contributed by atoms with Crippen molar-refractivity contribution in [2.45, 2.75) is 38.1 Å². The first-order chi connectivity index (χ1) is 10.1. The lowest BCUT2D eigenvalue weighted by atomic mass is 10.1. The fourth-order valence-electron chi connectivity index (χ4n) is 2.32. The van der Waals surface area contributed by atoms with Gasteiger partial charge in [0.05, 0.1) is 0 Å². The van der Waals surface area contributed by atoms with Gasteiger partial charge in [-0.25, -0.2) is 0 Å². The summed E-state index contributed by atoms with van der Waals surface area (Å²) in [5.74, 6) is 1.05. The molecule has 0 saturated carbocycles. The normalized spacial score (nSPS) is 12.4. The van der Waals surface area contributed by atoms with Crippen molar-refractivity contribution in [3.05, 3.63) is 64.7 Å². The quantitative estimate of drug-likeness (QED) is 0.760. The van der Waals surface area contributed by atoms with Crippen molar-refractivity contribution in [1.29, 1.82) is 0 Å². The van der Waals surface area contributed by atoms with Gasteiger partial charge in [0.15, 0.2) is 0 Å². The topological polar surface area (TPSA) is 12.0 Å². The van der Waals surface area contributed by atoms with Crippen LogP contribution in [-0.4, -0.2) is 12.8 Å². The zero-order valence-electron chi connectivity index (χ0n) is 13.4. The standard InChI is InChI=1S/C19H25NS/c1-5-16-7-9-17(10-8-16)19(20-4)13-21-18-11-6-14(2)15(3)12-18/h6-12,19-20H,5,13H2,1-4H3. The Hall–Kier alpha value is -1.25. The van der Waals surface area contributed by atoms with Gasteiger partial charge in [-0.1, -0.05) is 37.3 Å². The molecule has 0 radical (unpaired) electrons. The lowest BCUT2D eigenvalue weighted by Gasteiger charge is -2.17. The molecule has 0 aliphatic carbocycles. The number of rotatable bonds is 6. The van der Waals surface area contributed by atoms with Gasteiger partial charge >= 0.3 is 0 Å². The summed E-state index contributed by atoms with van der Waals surface area (Å²) in [5.41, 5.74) is 5.49. The van der Waals surface area contributed by atoms with Crippen molar-refractivity contribution >= 4 is 11.8 Å². The van der Waals surface area contributed by atoms with Crippen LogP contribution in [0.4, 0.5) is 0 Å². The van der Waals surface area contributed by atoms with Crippen molar-refractivity contribution < 1.29 is 0 Å². The molecule has 1 unspecified atom stereocenters. The molecular weight excluding hydrogens is 274 g/mol. The van der Waals surface area contributed by atoms with Crippen molar-refractivity contribution in [2.24, 2.45) is 0 Å². The fraction of sp³-hybridized carbons (Fsp3) is 0.368. The molecule has 0 aliphatic heterocycles. The molecule has 112 valence electrons. The molecule has 0 amide bonds. The minimum atomic E-state index is 0.391. The molecule has 0 heterocycles. The molecule has 0 aromatic heterocycles. The minimum Gasteiger partial charge on any atom is -0.312 e. The maximum atomic E-state index is 3.43. The smallest absolute Gasteiger partial charge is 0.0412 e. The number of thioether (sulfide) groups is 1. The number of nitrogens with one attached hydrogen (secondary N) is 1. The van der Waals surface area contributed by atoms with E-state index in [0.717, 1.165) is 12.2 Å². The molecule has 0 fully saturated rings. The summed E-state index contributed by atoms with van der Waals surface area (Å²) in [6.45, 7) is 6.54. The van der Waals surface area contributed by atoms with E-state index >= 15 is 0 Å². The number of benzene rings is 2. The van der Waals surface area contributed by atoms with Crippen molar-refractivity contribution in [2.75, 3.05) is 12.8 Å². The fourth-order valence-corrected chi connectivity index (χ4v) is 3.46. The number of hydrogen-bond acceptors (Lipinski definition) is 2. The summed E-state index contributed by atoms with van der Waals surface area (Å²) >= 11 is 1.92. The van der Waals surface area contributed by atoms with Crippen LogP contribution in [0.15, 0.2) is 47.4 Å². The van der Waals surface area contributed by atoms with Crippen LogP contribution in [0.1, 0.15) is 35.2 Å². The second kappa shape index (κ2) is 7.67. The second-order valence-corrected chi connectivity index (χ2v) is 6.59. The van der Waals surface area contributed by atoms with Crippen molar-refractivity contribution in [3.63, 3.8) is 0 Å². The molecule has 0 spiro atoms. The summed E-state index contributed by atoms with van der Waals surface area (Å²) < 4.78 is 0. The maximum Gasteiger partial charge on any atom is 0.0412 e. The van der Waals surface area contributed by atoms with Crippen LogP contribution in [-0.2, 0) is 6.42 Å². The predicted molar refractivity (Wildman–Crippen MR) is 94.3 cm³/mol. The van der Waals surface area contributed by atoms with Gasteiger partial charge in [0.2, 0.25) is 0 Å². The van der Waals surface area contributed by atoms with Gasteiger partial charge in [-0.15, -0.1) is 11.8 Å². The Morgan fingerprint density at radius 1 is 1.00 bits per heavy atom. The Balaban J connectivity index is 2.02. The summed E-state index contributed by atoms with van der Waals surface area (Å²) in [4.78, 5) is 1.35. The van der Waals surface area contributed by atoms with Crippen LogP contribution in [0.3, 0.4) is 0 Å². The van der Waals surface area contributed by atoms with E-state index in [1.807, 2.05) is 18.8 Å². The van der Waals surface area contributed by atoms with Crippen LogP contribution in [0.2, 0.25) is 0 Å². The van der Waals surface area contributed by atoms with Crippen LogP contribution in [0.5, 0.6) is 0 Å². The first-order valence-corrected chi connectivity index (χ1v) is 8.58. The largest absolute Gasteiger partial charge is 0.312 e. The predicted octanol–water partition coefficient (Wildman–Crippen LogP) is 4.92. The molecule has 2 rings (SSSR count). The van der Waals surface area contributed by atoms with E-state index in [1.165, 1.54) is 27.1 Å². The third kappa shape index (κ3) is 4.36. The van der Waals surface area contributed by atoms with Gasteiger partial charge in [0.1, 0.15) is 0 Å². The Labute approximate surface area is 133 Å². The van der Waals surface area contributed by atoms with Crippen molar-refractivity contribution in [3.8, 4) is 0 Å². The molecule has 1 N–H and O–H groups in total. The second-order valence-electron chi connectivity index (χ2n) is 5.49. The SMILES string of the molecule is CCc1ccc(C(CSc2ccc(C)c(C)c2)NC)cc1. The van der Waals surface area contributed by atoms with Crippen molar-refractivity contribution in [1.82, 2.24) is 5.32 Å². The van der Waals surface area contributed by atoms with Crippen LogP contribution < -0.4 is 5.32 Å². The molecule has 21 heavy (non-hydrogen) atoms. The van der Waals surface area contributed by atoms with Gasteiger partial charge < -0.3 is 5.32 Å². The minimum absolute atomic E-state index is 0.391. The highest BCUT2D eigenvalue weighted by Crippen LogP contribution is 2.26. The third-order valence-electron chi connectivity index (χ3n) is 4.03. The number of hydrogen-bond donors (Lipinski definition) is 1. The Morgan fingerprint density at radius 3 is 2.29 bits per heavy atom. The highest BCUT2D eigenvalue weighted by Gasteiger charge is 2.10. The average Bonchev–Trinajstić information content (AvgIpc) is 2.52. The van der Waals surface area contributed by atoms with Gasteiger partial charge in [0.25, 0.3) is 0 Å². The Bertz CT molecular complexity index is 575. The molecule has 1 nitrogen and oxygen atoms in total. The van der Waals surface area contributed by atoms with Crippen LogP contribution >= 0.6 is 11.8 Å². The summed E-state index contributed by atoms with van der Waals surface area (Å²) in [7, 11) is 2.04. The van der Waals surface area contributed by atoms with E-state index < -0.39 is 0 Å². The average molecular weight is 299 g/mol. The number of aryl methyl sites for hydroxylation is 3. The van der Waals surface area contributed by atoms with E-state index in [4.69, 9.17) is 0 Å². The monoisotopic (exact) mass is 299 g/mol. The molecule has 0 aliphatic rings. The first kappa shape index (κ1) is 16.1. The summed E-state index contributed by atoms with van der Waals surface area (Å²) in [5, 5.41) is 3.43. The molecule has 0 bridgehead atoms. The Morgan fingerprint density at radius 2 is 1.71 bits per heavy atom. The maximum absolute atomic E-state index is 3.43. The molecule has 2 aromatic rings. The lowest BCUT2D eigenvalue weighted by molar-refractivity contribution is 0.661. The molecular formula is C19H25NS. The van der Waals surface area contributed by atoms with E-state index in [0.29, 0.717) is 6.04 Å². The summed E-state index contributed by atoms with van der Waals surface area (Å²) in [6, 6.07) is 16.1. The van der Waals surface area contributed by atoms with Gasteiger partial charge in [0, 0.05) is 16.7 Å². The lowest BCUT2D eigenvalue weighted by Crippen LogP contribution is -2.18. The van der Waals surface area contributed by atoms with E-state index in [9.17, 15) is 0 Å².